The van der Waals surface area contributed by atoms with Gasteiger partial charge in [0.25, 0.3) is 0 Å². The number of hydrogen-bond donors (Lipinski definition) is 2. The minimum atomic E-state index is -4.32. The Kier molecular flexibility index (Phi) is 3.28. The molecule has 0 aliphatic carbocycles. The third-order valence-corrected chi connectivity index (χ3v) is 3.19. The second-order valence-electron chi connectivity index (χ2n) is 4.37. The van der Waals surface area contributed by atoms with E-state index >= 15 is 0 Å². The van der Waals surface area contributed by atoms with Gasteiger partial charge in [-0.3, -0.25) is 0 Å². The van der Waals surface area contributed by atoms with E-state index in [1.165, 1.54) is 6.07 Å². The van der Waals surface area contributed by atoms with Crippen molar-refractivity contribution in [3.8, 4) is 0 Å². The largest absolute Gasteiger partial charge is 0.416 e. The number of nitrogens with two attached hydrogens (primary N) is 1. The summed E-state index contributed by atoms with van der Waals surface area (Å²) in [5.41, 5.74) is 6.16. The van der Waals surface area contributed by atoms with E-state index in [0.717, 1.165) is 43.6 Å². The molecule has 2 nitrogen and oxygen atoms in total. The number of halogens is 3. The van der Waals surface area contributed by atoms with Gasteiger partial charge in [-0.25, -0.2) is 0 Å². The van der Waals surface area contributed by atoms with Crippen LogP contribution in [0.15, 0.2) is 18.2 Å². The van der Waals surface area contributed by atoms with Crippen LogP contribution in [0.2, 0.25) is 0 Å². The molecule has 0 saturated carbocycles. The molecule has 5 heteroatoms. The molecule has 0 spiro atoms. The predicted octanol–water partition coefficient (Wildman–Crippen LogP) is 2.75. The third kappa shape index (κ3) is 2.72. The van der Waals surface area contributed by atoms with Crippen molar-refractivity contribution in [1.82, 2.24) is 5.32 Å². The Bertz CT molecular complexity index is 395. The molecule has 94 valence electrons. The first kappa shape index (κ1) is 12.2. The molecule has 1 aromatic carbocycles. The van der Waals surface area contributed by atoms with Gasteiger partial charge in [-0.05, 0) is 49.5 Å². The molecule has 0 aromatic heterocycles. The molecule has 1 saturated heterocycles. The van der Waals surface area contributed by atoms with Gasteiger partial charge in [-0.1, -0.05) is 6.07 Å². The van der Waals surface area contributed by atoms with E-state index in [4.69, 9.17) is 5.73 Å². The highest BCUT2D eigenvalue weighted by Crippen LogP contribution is 2.35. The number of benzene rings is 1. The van der Waals surface area contributed by atoms with Crippen LogP contribution >= 0.6 is 0 Å². The van der Waals surface area contributed by atoms with E-state index in [1.54, 1.807) is 0 Å². The molecule has 0 unspecified atom stereocenters. The SMILES string of the molecule is Nc1cc(C(F)(F)F)ccc1C1CCNCC1. The number of nitrogen functional groups attached to an aromatic ring is 1. The van der Waals surface area contributed by atoms with E-state index < -0.39 is 11.7 Å². The lowest BCUT2D eigenvalue weighted by molar-refractivity contribution is -0.137. The normalized spacial score (nSPS) is 18.3. The molecule has 2 rings (SSSR count). The minimum Gasteiger partial charge on any atom is -0.398 e. The number of rotatable bonds is 1. The number of piperidine rings is 1. The number of hydrogen-bond acceptors (Lipinski definition) is 2. The highest BCUT2D eigenvalue weighted by atomic mass is 19.4. The first-order valence-electron chi connectivity index (χ1n) is 5.66. The van der Waals surface area contributed by atoms with Gasteiger partial charge in [0.1, 0.15) is 0 Å². The highest BCUT2D eigenvalue weighted by molar-refractivity contribution is 5.51. The fraction of sp³-hybridized carbons (Fsp3) is 0.500. The first-order valence-corrected chi connectivity index (χ1v) is 5.66. The van der Waals surface area contributed by atoms with Crippen LogP contribution in [-0.2, 0) is 6.18 Å². The Labute approximate surface area is 98.0 Å². The Balaban J connectivity index is 2.25. The fourth-order valence-corrected chi connectivity index (χ4v) is 2.26. The summed E-state index contributed by atoms with van der Waals surface area (Å²) >= 11 is 0. The zero-order valence-electron chi connectivity index (χ0n) is 9.35. The average molecular weight is 244 g/mol. The molecule has 1 aliphatic rings. The highest BCUT2D eigenvalue weighted by Gasteiger charge is 2.31. The second-order valence-corrected chi connectivity index (χ2v) is 4.37. The monoisotopic (exact) mass is 244 g/mol. The maximum Gasteiger partial charge on any atom is 0.416 e. The third-order valence-electron chi connectivity index (χ3n) is 3.19. The number of nitrogens with one attached hydrogen (secondary N) is 1. The Morgan fingerprint density at radius 3 is 2.35 bits per heavy atom. The summed E-state index contributed by atoms with van der Waals surface area (Å²) in [6.45, 7) is 1.79. The van der Waals surface area contributed by atoms with Crippen molar-refractivity contribution in [1.29, 1.82) is 0 Å². The van der Waals surface area contributed by atoms with Gasteiger partial charge >= 0.3 is 6.18 Å². The van der Waals surface area contributed by atoms with Crippen LogP contribution in [0.25, 0.3) is 0 Å². The zero-order valence-corrected chi connectivity index (χ0v) is 9.35. The summed E-state index contributed by atoms with van der Waals surface area (Å²) in [7, 11) is 0. The Hall–Kier alpha value is -1.23. The van der Waals surface area contributed by atoms with Crippen LogP contribution in [0, 0.1) is 0 Å². The van der Waals surface area contributed by atoms with Gasteiger partial charge in [0.2, 0.25) is 0 Å². The average Bonchev–Trinajstić information content (AvgIpc) is 2.29. The fourth-order valence-electron chi connectivity index (χ4n) is 2.26. The van der Waals surface area contributed by atoms with Crippen molar-refractivity contribution in [2.45, 2.75) is 24.9 Å². The van der Waals surface area contributed by atoms with E-state index in [0.29, 0.717) is 0 Å². The van der Waals surface area contributed by atoms with E-state index in [2.05, 4.69) is 5.32 Å². The molecule has 1 aliphatic heterocycles. The molecule has 3 N–H and O–H groups in total. The van der Waals surface area contributed by atoms with Crippen molar-refractivity contribution in [2.75, 3.05) is 18.8 Å². The molecule has 0 radical (unpaired) electrons. The van der Waals surface area contributed by atoms with E-state index in [-0.39, 0.29) is 11.6 Å². The van der Waals surface area contributed by atoms with Gasteiger partial charge in [0.15, 0.2) is 0 Å². The van der Waals surface area contributed by atoms with Gasteiger partial charge in [-0.15, -0.1) is 0 Å². The maximum absolute atomic E-state index is 12.5. The smallest absolute Gasteiger partial charge is 0.398 e. The lowest BCUT2D eigenvalue weighted by atomic mass is 9.88. The van der Waals surface area contributed by atoms with Crippen molar-refractivity contribution in [3.63, 3.8) is 0 Å². The van der Waals surface area contributed by atoms with Crippen LogP contribution in [0.4, 0.5) is 18.9 Å². The molecule has 17 heavy (non-hydrogen) atoms. The molecular formula is C12H15F3N2. The standard InChI is InChI=1S/C12H15F3N2/c13-12(14,15)9-1-2-10(11(16)7-9)8-3-5-17-6-4-8/h1-2,7-8,17H,3-6,16H2. The minimum absolute atomic E-state index is 0.256. The molecule has 1 heterocycles. The summed E-state index contributed by atoms with van der Waals surface area (Å²) in [5.74, 6) is 0.276. The van der Waals surface area contributed by atoms with E-state index in [9.17, 15) is 13.2 Å². The van der Waals surface area contributed by atoms with Crippen LogP contribution in [0.1, 0.15) is 29.9 Å². The second kappa shape index (κ2) is 4.56. The van der Waals surface area contributed by atoms with Crippen LogP contribution in [0.5, 0.6) is 0 Å². The van der Waals surface area contributed by atoms with E-state index in [1.807, 2.05) is 0 Å². The lowest BCUT2D eigenvalue weighted by Gasteiger charge is -2.24. The Morgan fingerprint density at radius 1 is 1.18 bits per heavy atom. The molecule has 1 aromatic rings. The number of alkyl halides is 3. The quantitative estimate of drug-likeness (QED) is 0.745. The van der Waals surface area contributed by atoms with Gasteiger partial charge in [0.05, 0.1) is 5.56 Å². The maximum atomic E-state index is 12.5. The van der Waals surface area contributed by atoms with Gasteiger partial charge in [0, 0.05) is 5.69 Å². The van der Waals surface area contributed by atoms with Crippen molar-refractivity contribution in [3.05, 3.63) is 29.3 Å². The predicted molar refractivity (Wildman–Crippen MR) is 60.7 cm³/mol. The molecule has 0 atom stereocenters. The number of anilines is 1. The van der Waals surface area contributed by atoms with Crippen molar-refractivity contribution in [2.24, 2.45) is 0 Å². The molecular weight excluding hydrogens is 229 g/mol. The topological polar surface area (TPSA) is 38.0 Å². The summed E-state index contributed by atoms with van der Waals surface area (Å²) < 4.78 is 37.4. The molecule has 0 amide bonds. The summed E-state index contributed by atoms with van der Waals surface area (Å²) in [5, 5.41) is 3.22. The van der Waals surface area contributed by atoms with Gasteiger partial charge < -0.3 is 11.1 Å². The first-order chi connectivity index (χ1) is 7.98. The summed E-state index contributed by atoms with van der Waals surface area (Å²) in [4.78, 5) is 0. The van der Waals surface area contributed by atoms with Gasteiger partial charge in [-0.2, -0.15) is 13.2 Å². The summed E-state index contributed by atoms with van der Waals surface area (Å²) in [6.07, 6.45) is -2.47. The molecule has 0 bridgehead atoms. The zero-order chi connectivity index (χ0) is 12.5. The van der Waals surface area contributed by atoms with Crippen LogP contribution in [-0.4, -0.2) is 13.1 Å². The van der Waals surface area contributed by atoms with Crippen molar-refractivity contribution < 1.29 is 13.2 Å². The summed E-state index contributed by atoms with van der Waals surface area (Å²) in [6, 6.07) is 3.68. The lowest BCUT2D eigenvalue weighted by Crippen LogP contribution is -2.27. The Morgan fingerprint density at radius 2 is 1.82 bits per heavy atom. The van der Waals surface area contributed by atoms with Crippen molar-refractivity contribution >= 4 is 5.69 Å². The molecule has 1 fully saturated rings. The van der Waals surface area contributed by atoms with Crippen LogP contribution < -0.4 is 11.1 Å². The van der Waals surface area contributed by atoms with Crippen LogP contribution in [0.3, 0.4) is 0 Å².